The van der Waals surface area contributed by atoms with E-state index in [1.54, 1.807) is 0 Å². The minimum absolute atomic E-state index is 0.237. The van der Waals surface area contributed by atoms with Gasteiger partial charge in [-0.2, -0.15) is 0 Å². The third-order valence-electron chi connectivity index (χ3n) is 6.03. The quantitative estimate of drug-likeness (QED) is 0.705. The van der Waals surface area contributed by atoms with Gasteiger partial charge in [0.25, 0.3) is 0 Å². The monoisotopic (exact) mass is 402 g/mol. The molecule has 1 atom stereocenters. The van der Waals surface area contributed by atoms with Gasteiger partial charge in [0.1, 0.15) is 5.60 Å². The number of amides is 1. The molecule has 0 aliphatic carbocycles. The first-order valence-electron chi connectivity index (χ1n) is 10.6. The van der Waals surface area contributed by atoms with Crippen LogP contribution < -0.4 is 5.59 Å². The molecule has 7 heteroatoms. The van der Waals surface area contributed by atoms with Crippen LogP contribution in [-0.2, 0) is 14.0 Å². The number of aryl methyl sites for hydroxylation is 1. The number of rotatable bonds is 2. The fraction of sp³-hybridized carbons (Fsp3) is 0.727. The third-order valence-corrected chi connectivity index (χ3v) is 6.03. The highest BCUT2D eigenvalue weighted by molar-refractivity contribution is 6.61. The number of likely N-dealkylation sites (tertiary alicyclic amines) is 1. The lowest BCUT2D eigenvalue weighted by molar-refractivity contribution is 0.00578. The van der Waals surface area contributed by atoms with Crippen molar-refractivity contribution in [3.63, 3.8) is 0 Å². The second-order valence-electron chi connectivity index (χ2n) is 10.3. The molecule has 1 aromatic rings. The third kappa shape index (κ3) is 4.94. The van der Waals surface area contributed by atoms with Gasteiger partial charge >= 0.3 is 13.2 Å². The van der Waals surface area contributed by atoms with E-state index in [-0.39, 0.29) is 12.0 Å². The van der Waals surface area contributed by atoms with Crippen LogP contribution in [0.4, 0.5) is 4.79 Å². The van der Waals surface area contributed by atoms with Crippen LogP contribution in [0.5, 0.6) is 0 Å². The molecule has 160 valence electrons. The zero-order valence-corrected chi connectivity index (χ0v) is 19.2. The average molecular weight is 402 g/mol. The van der Waals surface area contributed by atoms with Gasteiger partial charge < -0.3 is 18.9 Å². The maximum Gasteiger partial charge on any atom is 0.514 e. The summed E-state index contributed by atoms with van der Waals surface area (Å²) in [5.41, 5.74) is 1.62. The van der Waals surface area contributed by atoms with Crippen LogP contribution in [0, 0.1) is 6.92 Å². The first kappa shape index (κ1) is 22.1. The molecular formula is C22H35BN2O4. The van der Waals surface area contributed by atoms with Gasteiger partial charge in [0.15, 0.2) is 0 Å². The number of carbonyl (C=O) groups is 1. The van der Waals surface area contributed by atoms with E-state index >= 15 is 0 Å². The molecule has 6 nitrogen and oxygen atoms in total. The van der Waals surface area contributed by atoms with Gasteiger partial charge in [-0.15, -0.1) is 0 Å². The summed E-state index contributed by atoms with van der Waals surface area (Å²) in [6, 6.07) is 4.19. The zero-order valence-electron chi connectivity index (χ0n) is 19.2. The lowest BCUT2D eigenvalue weighted by atomic mass is 9.80. The Morgan fingerprint density at radius 1 is 1.21 bits per heavy atom. The summed E-state index contributed by atoms with van der Waals surface area (Å²) in [6.45, 7) is 17.3. The van der Waals surface area contributed by atoms with Crippen molar-refractivity contribution in [1.29, 1.82) is 0 Å². The normalized spacial score (nSPS) is 23.9. The molecule has 3 rings (SSSR count). The average Bonchev–Trinajstić information content (AvgIpc) is 2.81. The van der Waals surface area contributed by atoms with Crippen LogP contribution in [-0.4, -0.2) is 53.0 Å². The highest BCUT2D eigenvalue weighted by Gasteiger charge is 2.52. The first-order chi connectivity index (χ1) is 13.3. The zero-order chi connectivity index (χ0) is 21.6. The maximum atomic E-state index is 12.5. The predicted octanol–water partition coefficient (Wildman–Crippen LogP) is 3.80. The fourth-order valence-electron chi connectivity index (χ4n) is 3.78. The summed E-state index contributed by atoms with van der Waals surface area (Å²) < 4.78 is 18.0. The number of aromatic nitrogens is 1. The summed E-state index contributed by atoms with van der Waals surface area (Å²) in [6.07, 6.45) is 1.75. The summed E-state index contributed by atoms with van der Waals surface area (Å²) in [7, 11) is -0.482. The van der Waals surface area contributed by atoms with Crippen LogP contribution in [0.15, 0.2) is 12.1 Å². The number of carbonyl (C=O) groups excluding carboxylic acids is 1. The molecule has 2 saturated heterocycles. The van der Waals surface area contributed by atoms with Crippen LogP contribution in [0.3, 0.4) is 0 Å². The Bertz CT molecular complexity index is 757. The molecule has 1 amide bonds. The van der Waals surface area contributed by atoms with Crippen LogP contribution in [0.25, 0.3) is 0 Å². The van der Waals surface area contributed by atoms with E-state index in [0.29, 0.717) is 6.54 Å². The van der Waals surface area contributed by atoms with Gasteiger partial charge in [0.05, 0.1) is 16.8 Å². The summed E-state index contributed by atoms with van der Waals surface area (Å²) in [5, 5.41) is 0. The Labute approximate surface area is 175 Å². The van der Waals surface area contributed by atoms with Crippen molar-refractivity contribution >= 4 is 18.8 Å². The standard InChI is InChI=1S/C22H35BN2O4/c1-15-12-17(13-18(24-15)23-28-21(5,6)22(7,8)29-23)16-10-9-11-25(14-16)19(26)27-20(2,3)4/h12-13,16H,9-11,14H2,1-8H3. The Kier molecular flexibility index (Phi) is 5.78. The highest BCUT2D eigenvalue weighted by Crippen LogP contribution is 2.36. The topological polar surface area (TPSA) is 60.9 Å². The Hall–Kier alpha value is -1.60. The molecule has 3 heterocycles. The van der Waals surface area contributed by atoms with Gasteiger partial charge in [0, 0.05) is 24.7 Å². The molecule has 0 N–H and O–H groups in total. The van der Waals surface area contributed by atoms with Crippen molar-refractivity contribution in [3.8, 4) is 0 Å². The van der Waals surface area contributed by atoms with Crippen LogP contribution in [0.1, 0.15) is 78.5 Å². The van der Waals surface area contributed by atoms with E-state index in [2.05, 4.69) is 17.1 Å². The van der Waals surface area contributed by atoms with Gasteiger partial charge in [0.2, 0.25) is 0 Å². The van der Waals surface area contributed by atoms with Crippen molar-refractivity contribution in [3.05, 3.63) is 23.4 Å². The number of hydrogen-bond donors (Lipinski definition) is 0. The van der Waals surface area contributed by atoms with Crippen molar-refractivity contribution in [1.82, 2.24) is 9.88 Å². The van der Waals surface area contributed by atoms with E-state index in [9.17, 15) is 4.79 Å². The molecule has 2 fully saturated rings. The summed E-state index contributed by atoms with van der Waals surface area (Å²) >= 11 is 0. The van der Waals surface area contributed by atoms with E-state index in [1.165, 1.54) is 5.56 Å². The number of piperidine rings is 1. The van der Waals surface area contributed by atoms with Crippen LogP contribution >= 0.6 is 0 Å². The lowest BCUT2D eigenvalue weighted by Gasteiger charge is -2.34. The molecule has 1 unspecified atom stereocenters. The minimum atomic E-state index is -0.485. The molecule has 0 radical (unpaired) electrons. The van der Waals surface area contributed by atoms with Gasteiger partial charge in [-0.1, -0.05) is 0 Å². The second kappa shape index (κ2) is 7.58. The molecule has 0 saturated carbocycles. The van der Waals surface area contributed by atoms with E-state index in [0.717, 1.165) is 30.7 Å². The van der Waals surface area contributed by atoms with Gasteiger partial charge in [-0.05, 0) is 85.9 Å². The Morgan fingerprint density at radius 3 is 2.41 bits per heavy atom. The van der Waals surface area contributed by atoms with Crippen molar-refractivity contribution in [2.45, 2.75) is 91.0 Å². The summed E-state index contributed by atoms with van der Waals surface area (Å²) in [5.74, 6) is 0.249. The highest BCUT2D eigenvalue weighted by atomic mass is 16.7. The SMILES string of the molecule is Cc1cc(C2CCCN(C(=O)OC(C)(C)C)C2)cc(B2OC(C)(C)C(C)(C)O2)n1. The van der Waals surface area contributed by atoms with E-state index in [1.807, 2.05) is 60.3 Å². The molecule has 2 aliphatic heterocycles. The smallest absolute Gasteiger partial charge is 0.444 e. The van der Waals surface area contributed by atoms with Gasteiger partial charge in [-0.3, -0.25) is 4.98 Å². The Morgan fingerprint density at radius 2 is 1.83 bits per heavy atom. The largest absolute Gasteiger partial charge is 0.514 e. The number of ether oxygens (including phenoxy) is 1. The molecular weight excluding hydrogens is 367 g/mol. The number of pyridine rings is 1. The fourth-order valence-corrected chi connectivity index (χ4v) is 3.78. The first-order valence-corrected chi connectivity index (χ1v) is 10.6. The molecule has 0 bridgehead atoms. The molecule has 0 spiro atoms. The van der Waals surface area contributed by atoms with E-state index < -0.39 is 23.9 Å². The minimum Gasteiger partial charge on any atom is -0.444 e. The maximum absolute atomic E-state index is 12.5. The molecule has 1 aromatic heterocycles. The Balaban J connectivity index is 1.79. The summed E-state index contributed by atoms with van der Waals surface area (Å²) in [4.78, 5) is 19.0. The van der Waals surface area contributed by atoms with Crippen LogP contribution in [0.2, 0.25) is 0 Å². The molecule has 29 heavy (non-hydrogen) atoms. The van der Waals surface area contributed by atoms with Gasteiger partial charge in [-0.25, -0.2) is 4.79 Å². The number of hydrogen-bond acceptors (Lipinski definition) is 5. The molecule has 0 aromatic carbocycles. The van der Waals surface area contributed by atoms with Crippen molar-refractivity contribution in [2.75, 3.05) is 13.1 Å². The van der Waals surface area contributed by atoms with E-state index in [4.69, 9.17) is 14.0 Å². The van der Waals surface area contributed by atoms with Crippen molar-refractivity contribution < 1.29 is 18.8 Å². The predicted molar refractivity (Wildman–Crippen MR) is 114 cm³/mol. The molecule has 2 aliphatic rings. The number of nitrogens with zero attached hydrogens (tertiary/aromatic N) is 2. The lowest BCUT2D eigenvalue weighted by Crippen LogP contribution is -2.42. The second-order valence-corrected chi connectivity index (χ2v) is 10.3. The van der Waals surface area contributed by atoms with Crippen molar-refractivity contribution in [2.24, 2.45) is 0 Å².